The van der Waals surface area contributed by atoms with E-state index in [0.717, 1.165) is 25.0 Å². The fraction of sp³-hybridized carbons (Fsp3) is 0.357. The maximum atomic E-state index is 13.8. The highest BCUT2D eigenvalue weighted by Gasteiger charge is 2.57. The summed E-state index contributed by atoms with van der Waals surface area (Å²) in [4.78, 5) is 57.6. The van der Waals surface area contributed by atoms with Gasteiger partial charge in [0.25, 0.3) is 11.5 Å². The smallest absolute Gasteiger partial charge is 0.352 e. The lowest BCUT2D eigenvalue weighted by molar-refractivity contribution is -0.161. The number of carboxylic acids is 1. The van der Waals surface area contributed by atoms with Crippen molar-refractivity contribution >= 4 is 29.5 Å². The minimum absolute atomic E-state index is 0.0436. The predicted octanol–water partition coefficient (Wildman–Crippen LogP) is 2.55. The van der Waals surface area contributed by atoms with Crippen LogP contribution in [-0.2, 0) is 27.3 Å². The number of carbonyl (C=O) groups is 3. The van der Waals surface area contributed by atoms with Crippen molar-refractivity contribution < 1.29 is 19.5 Å². The van der Waals surface area contributed by atoms with Crippen molar-refractivity contribution in [3.8, 4) is 0 Å². The second kappa shape index (κ2) is 10.6. The third-order valence-corrected chi connectivity index (χ3v) is 8.77. The lowest BCUT2D eigenvalue weighted by Crippen LogP contribution is -2.71. The first-order valence-electron chi connectivity index (χ1n) is 12.6. The van der Waals surface area contributed by atoms with E-state index < -0.39 is 35.2 Å². The Morgan fingerprint density at radius 1 is 1.21 bits per heavy atom. The first-order chi connectivity index (χ1) is 18.3. The van der Waals surface area contributed by atoms with Crippen LogP contribution < -0.4 is 11.3 Å². The number of aromatic nitrogens is 1. The van der Waals surface area contributed by atoms with Crippen molar-refractivity contribution in [3.05, 3.63) is 93.1 Å². The predicted molar refractivity (Wildman–Crippen MR) is 144 cm³/mol. The third kappa shape index (κ3) is 4.81. The molecule has 0 spiro atoms. The summed E-state index contributed by atoms with van der Waals surface area (Å²) in [5, 5.41) is 9.14. The van der Waals surface area contributed by atoms with E-state index in [1.54, 1.807) is 37.3 Å². The number of hydrogen-bond donors (Lipinski definition) is 3. The van der Waals surface area contributed by atoms with Crippen molar-refractivity contribution in [2.24, 2.45) is 11.7 Å². The van der Waals surface area contributed by atoms with Crippen LogP contribution in [0.5, 0.6) is 0 Å². The Morgan fingerprint density at radius 2 is 1.97 bits per heavy atom. The maximum absolute atomic E-state index is 13.8. The number of nitrogens with zero attached hydrogens (tertiary/aromatic N) is 2. The first kappa shape index (κ1) is 26.0. The molecule has 4 N–H and O–H groups in total. The van der Waals surface area contributed by atoms with Crippen LogP contribution >= 0.6 is 11.8 Å². The molecule has 10 heteroatoms. The molecule has 1 aliphatic carbocycles. The molecule has 0 bridgehead atoms. The third-order valence-electron chi connectivity index (χ3n) is 7.36. The number of aliphatic carboxylic acids is 1. The van der Waals surface area contributed by atoms with Gasteiger partial charge in [0.15, 0.2) is 0 Å². The molecule has 0 saturated carbocycles. The Balaban J connectivity index is 1.44. The molecule has 9 nitrogen and oxygen atoms in total. The fourth-order valence-corrected chi connectivity index (χ4v) is 6.69. The lowest BCUT2D eigenvalue weighted by Gasteiger charge is -2.53. The number of allylic oxidation sites excluding steroid dienone is 2. The van der Waals surface area contributed by atoms with Crippen LogP contribution in [0.1, 0.15) is 42.6 Å². The number of benzene rings is 1. The van der Waals surface area contributed by atoms with Gasteiger partial charge in [-0.15, -0.1) is 11.8 Å². The number of aromatic amines is 1. The van der Waals surface area contributed by atoms with Gasteiger partial charge in [-0.05, 0) is 49.3 Å². The van der Waals surface area contributed by atoms with Crippen LogP contribution in [0.3, 0.4) is 0 Å². The Bertz CT molecular complexity index is 1390. The monoisotopic (exact) mass is 534 g/mol. The zero-order valence-electron chi connectivity index (χ0n) is 21.0. The Morgan fingerprint density at radius 3 is 2.63 bits per heavy atom. The molecule has 2 aromatic rings. The number of carbonyl (C=O) groups excluding carboxylic acids is 2. The summed E-state index contributed by atoms with van der Waals surface area (Å²) in [5.74, 6) is -1.36. The molecule has 3 heterocycles. The molecule has 1 unspecified atom stereocenters. The Hall–Kier alpha value is -3.63. The molecule has 1 saturated heterocycles. The number of nitrogens with one attached hydrogen (secondary N) is 1. The van der Waals surface area contributed by atoms with Gasteiger partial charge < -0.3 is 20.7 Å². The van der Waals surface area contributed by atoms with Crippen LogP contribution in [0.25, 0.3) is 0 Å². The number of H-pyrrole nitrogens is 1. The van der Waals surface area contributed by atoms with E-state index in [1.165, 1.54) is 21.6 Å². The summed E-state index contributed by atoms with van der Waals surface area (Å²) < 4.78 is 0. The van der Waals surface area contributed by atoms with E-state index in [1.807, 2.05) is 12.1 Å². The molecular formula is C28H30N4O5S. The fourth-order valence-electron chi connectivity index (χ4n) is 5.32. The van der Waals surface area contributed by atoms with Gasteiger partial charge in [-0.1, -0.05) is 48.6 Å². The summed E-state index contributed by atoms with van der Waals surface area (Å²) >= 11 is 1.40. The van der Waals surface area contributed by atoms with Crippen LogP contribution in [0.2, 0.25) is 0 Å². The molecule has 0 radical (unpaired) electrons. The molecule has 1 aromatic carbocycles. The van der Waals surface area contributed by atoms with E-state index in [9.17, 15) is 24.3 Å². The maximum Gasteiger partial charge on any atom is 0.352 e. The molecular weight excluding hydrogens is 504 g/mol. The van der Waals surface area contributed by atoms with Crippen molar-refractivity contribution in [1.29, 1.82) is 0 Å². The summed E-state index contributed by atoms with van der Waals surface area (Å²) in [7, 11) is 0. The van der Waals surface area contributed by atoms with Crippen LogP contribution in [-0.4, -0.2) is 54.8 Å². The van der Waals surface area contributed by atoms with Crippen LogP contribution in [0, 0.1) is 5.92 Å². The number of hydrogen-bond acceptors (Lipinski definition) is 6. The van der Waals surface area contributed by atoms with E-state index in [-0.39, 0.29) is 17.8 Å². The lowest BCUT2D eigenvalue weighted by atomic mass is 9.98. The van der Waals surface area contributed by atoms with E-state index in [2.05, 4.69) is 17.1 Å². The normalized spacial score (nSPS) is 23.2. The number of thioether (sulfide) groups is 1. The van der Waals surface area contributed by atoms with Gasteiger partial charge in [-0.2, -0.15) is 0 Å². The number of carboxylic acid groups (broad SMARTS) is 1. The van der Waals surface area contributed by atoms with Gasteiger partial charge in [-0.3, -0.25) is 19.3 Å². The number of β-lactam (4-membered cyclic amide) rings is 1. The zero-order chi connectivity index (χ0) is 27.0. The second-order valence-electron chi connectivity index (χ2n) is 9.95. The summed E-state index contributed by atoms with van der Waals surface area (Å²) in [5.41, 5.74) is 8.31. The molecule has 2 aliphatic heterocycles. The average Bonchev–Trinajstić information content (AvgIpc) is 3.42. The highest BCUT2D eigenvalue weighted by atomic mass is 32.2. The quantitative estimate of drug-likeness (QED) is 0.350. The second-order valence-corrected chi connectivity index (χ2v) is 11.1. The molecule has 5 rings (SSSR count). The summed E-state index contributed by atoms with van der Waals surface area (Å²) in [6, 6.07) is 10.4. The highest BCUT2D eigenvalue weighted by Crippen LogP contribution is 2.43. The molecule has 4 atom stereocenters. The standard InChI is InChI=1S/C28H30N4O5S/c1-16-15-38-27-23(26(35)32(27)22(16)28(36)37)31(25(34)21(29)18-9-3-2-4-10-18)14-19-11-12-20(30-24(19)33)13-17-7-5-6-8-17/h2-5,7,9-12,17,21,23,27H,6,8,13-15,29H2,1H3,(H,30,33)(H,36,37)/t17?,21-,23-,27-/m1/s1. The topological polar surface area (TPSA) is 137 Å². The van der Waals surface area contributed by atoms with Gasteiger partial charge in [0.1, 0.15) is 23.2 Å². The molecule has 1 fully saturated rings. The van der Waals surface area contributed by atoms with Gasteiger partial charge in [0.2, 0.25) is 5.91 Å². The highest BCUT2D eigenvalue weighted by molar-refractivity contribution is 8.00. The SMILES string of the molecule is CC1=C(C(=O)O)N2C(=O)[C@@H](N(Cc3ccc(CC4C=CCC4)[nH]c3=O)C(=O)[C@H](N)c3ccccc3)[C@H]2SC1. The largest absolute Gasteiger partial charge is 0.477 e. The van der Waals surface area contributed by atoms with Gasteiger partial charge >= 0.3 is 5.97 Å². The number of pyridine rings is 1. The summed E-state index contributed by atoms with van der Waals surface area (Å²) in [6.45, 7) is 1.56. The van der Waals surface area contributed by atoms with Crippen LogP contribution in [0.4, 0.5) is 0 Å². The minimum atomic E-state index is -1.18. The van der Waals surface area contributed by atoms with E-state index >= 15 is 0 Å². The number of fused-ring (bicyclic) bond motifs is 1. The Kier molecular flexibility index (Phi) is 7.27. The minimum Gasteiger partial charge on any atom is -0.477 e. The molecule has 198 valence electrons. The molecule has 38 heavy (non-hydrogen) atoms. The molecule has 3 aliphatic rings. The van der Waals surface area contributed by atoms with E-state index in [4.69, 9.17) is 5.73 Å². The zero-order valence-corrected chi connectivity index (χ0v) is 21.8. The summed E-state index contributed by atoms with van der Waals surface area (Å²) in [6.07, 6.45) is 7.12. The van der Waals surface area contributed by atoms with Gasteiger partial charge in [0.05, 0.1) is 6.54 Å². The number of nitrogens with two attached hydrogens (primary N) is 1. The molecule has 1 aromatic heterocycles. The van der Waals surface area contributed by atoms with Crippen LogP contribution in [0.15, 0.2) is 70.7 Å². The number of amides is 2. The van der Waals surface area contributed by atoms with Gasteiger partial charge in [0, 0.05) is 17.0 Å². The Labute approximate surface area is 224 Å². The van der Waals surface area contributed by atoms with E-state index in [0.29, 0.717) is 28.4 Å². The molecule has 2 amide bonds. The van der Waals surface area contributed by atoms with Crippen molar-refractivity contribution in [2.75, 3.05) is 5.75 Å². The number of rotatable bonds is 8. The van der Waals surface area contributed by atoms with Gasteiger partial charge in [-0.25, -0.2) is 4.79 Å². The van der Waals surface area contributed by atoms with Crippen molar-refractivity contribution in [2.45, 2.75) is 50.2 Å². The first-order valence-corrected chi connectivity index (χ1v) is 13.7. The van der Waals surface area contributed by atoms with Crippen molar-refractivity contribution in [1.82, 2.24) is 14.8 Å². The van der Waals surface area contributed by atoms with Crippen molar-refractivity contribution in [3.63, 3.8) is 0 Å². The average molecular weight is 535 g/mol.